The van der Waals surface area contributed by atoms with Crippen molar-refractivity contribution in [3.63, 3.8) is 0 Å². The molecule has 1 heterocycles. The molecule has 1 fully saturated rings. The van der Waals surface area contributed by atoms with Crippen molar-refractivity contribution in [3.05, 3.63) is 43.1 Å². The fourth-order valence-electron chi connectivity index (χ4n) is 2.86. The van der Waals surface area contributed by atoms with Gasteiger partial charge in [-0.1, -0.05) is 24.8 Å². The maximum Gasteiger partial charge on any atom is 0.501 e. The molecule has 1 aromatic carbocycles. The summed E-state index contributed by atoms with van der Waals surface area (Å²) in [7, 11) is -2.65. The molecule has 0 aromatic heterocycles. The number of anilines is 1. The van der Waals surface area contributed by atoms with Gasteiger partial charge < -0.3 is 22.9 Å². The van der Waals surface area contributed by atoms with E-state index in [2.05, 4.69) is 23.6 Å². The third-order valence-electron chi connectivity index (χ3n) is 3.86. The van der Waals surface area contributed by atoms with Gasteiger partial charge in [-0.3, -0.25) is 0 Å². The van der Waals surface area contributed by atoms with Gasteiger partial charge in [0.25, 0.3) is 0 Å². The molecule has 5 nitrogen and oxygen atoms in total. The lowest BCUT2D eigenvalue weighted by Crippen LogP contribution is -2.52. The van der Waals surface area contributed by atoms with Crippen LogP contribution in [0.3, 0.4) is 0 Å². The van der Waals surface area contributed by atoms with E-state index < -0.39 is 8.80 Å². The van der Waals surface area contributed by atoms with E-state index in [4.69, 9.17) is 18.0 Å². The molecule has 0 saturated carbocycles. The topological polar surface area (TPSA) is 40.2 Å². The molecule has 24 heavy (non-hydrogen) atoms. The molecule has 2 rings (SSSR count). The van der Waals surface area contributed by atoms with Crippen LogP contribution in [0.15, 0.2) is 43.1 Å². The largest absolute Gasteiger partial charge is 0.501 e. The first-order valence-corrected chi connectivity index (χ1v) is 10.6. The average Bonchev–Trinajstić information content (AvgIpc) is 2.58. The highest BCUT2D eigenvalue weighted by molar-refractivity contribution is 6.60. The van der Waals surface area contributed by atoms with Gasteiger partial charge in [-0.05, 0) is 38.6 Å². The summed E-state index contributed by atoms with van der Waals surface area (Å²) < 4.78 is 24.1. The highest BCUT2D eigenvalue weighted by Crippen LogP contribution is 2.24. The third kappa shape index (κ3) is 5.43. The number of hydrogen-bond donors (Lipinski definition) is 0. The Morgan fingerprint density at radius 2 is 1.96 bits per heavy atom. The lowest BCUT2D eigenvalue weighted by atomic mass is 10.2. The number of para-hydroxylation sites is 1. The average molecular weight is 352 g/mol. The predicted molar refractivity (Wildman–Crippen MR) is 98.1 cm³/mol. The van der Waals surface area contributed by atoms with Crippen molar-refractivity contribution in [1.82, 2.24) is 0 Å². The van der Waals surface area contributed by atoms with Gasteiger partial charge in [-0.15, -0.1) is 0 Å². The van der Waals surface area contributed by atoms with Crippen LogP contribution in [0.4, 0.5) is 5.69 Å². The molecule has 0 N–H and O–H groups in total. The van der Waals surface area contributed by atoms with E-state index in [1.165, 1.54) is 0 Å². The van der Waals surface area contributed by atoms with Gasteiger partial charge in [-0.2, -0.15) is 0 Å². The molecule has 0 spiro atoms. The van der Waals surface area contributed by atoms with E-state index in [0.717, 1.165) is 18.2 Å². The zero-order valence-electron chi connectivity index (χ0n) is 14.8. The van der Waals surface area contributed by atoms with Crippen LogP contribution in [0.5, 0.6) is 0 Å². The number of hydrogen-bond acceptors (Lipinski definition) is 5. The third-order valence-corrected chi connectivity index (χ3v) is 6.97. The number of ether oxygens (including phenoxy) is 1. The normalized spacial score (nSPS) is 20.8. The maximum absolute atomic E-state index is 6.39. The SMILES string of the molecule is C=CN(CC1COCCC[Si](OCC)(OCC)O1)c1ccccc1. The van der Waals surface area contributed by atoms with Crippen molar-refractivity contribution in [2.75, 3.05) is 37.9 Å². The Bertz CT molecular complexity index is 479. The summed E-state index contributed by atoms with van der Waals surface area (Å²) >= 11 is 0. The summed E-state index contributed by atoms with van der Waals surface area (Å²) in [6.07, 6.45) is 2.61. The van der Waals surface area contributed by atoms with Crippen LogP contribution < -0.4 is 4.90 Å². The van der Waals surface area contributed by atoms with Crippen molar-refractivity contribution < 1.29 is 18.0 Å². The summed E-state index contributed by atoms with van der Waals surface area (Å²) in [5, 5.41) is 0. The first-order valence-electron chi connectivity index (χ1n) is 8.70. The van der Waals surface area contributed by atoms with Crippen molar-refractivity contribution >= 4 is 14.5 Å². The summed E-state index contributed by atoms with van der Waals surface area (Å²) in [5.41, 5.74) is 1.08. The lowest BCUT2D eigenvalue weighted by Gasteiger charge is -2.36. The van der Waals surface area contributed by atoms with E-state index in [9.17, 15) is 0 Å². The molecule has 1 saturated heterocycles. The summed E-state index contributed by atoms with van der Waals surface area (Å²) in [5.74, 6) is 0. The second kappa shape index (κ2) is 9.96. The van der Waals surface area contributed by atoms with Crippen molar-refractivity contribution in [2.24, 2.45) is 0 Å². The molecule has 0 aliphatic carbocycles. The van der Waals surface area contributed by atoms with Gasteiger partial charge in [0.15, 0.2) is 0 Å². The summed E-state index contributed by atoms with van der Waals surface area (Å²) in [6, 6.07) is 10.9. The standard InChI is InChI=1S/C18H29NO4Si/c1-4-19(17-11-8-7-9-12-17)15-18-16-20-13-10-14-24(23-18,21-5-2)22-6-3/h4,7-9,11-12,18H,1,5-6,10,13-16H2,2-3H3. The second-order valence-corrected chi connectivity index (χ2v) is 8.32. The van der Waals surface area contributed by atoms with Crippen LogP contribution in [0, 0.1) is 0 Å². The monoisotopic (exact) mass is 351 g/mol. The lowest BCUT2D eigenvalue weighted by molar-refractivity contribution is -0.0213. The molecule has 0 bridgehead atoms. The first-order chi connectivity index (χ1) is 11.7. The Hall–Kier alpha value is -1.18. The van der Waals surface area contributed by atoms with Crippen LogP contribution in [0.1, 0.15) is 20.3 Å². The molecule has 1 aromatic rings. The molecule has 1 atom stereocenters. The summed E-state index contributed by atoms with van der Waals surface area (Å²) in [6.45, 7) is 11.0. The fourth-order valence-corrected chi connectivity index (χ4v) is 5.59. The van der Waals surface area contributed by atoms with Crippen molar-refractivity contribution in [3.8, 4) is 0 Å². The van der Waals surface area contributed by atoms with Gasteiger partial charge in [-0.25, -0.2) is 0 Å². The second-order valence-electron chi connectivity index (χ2n) is 5.64. The van der Waals surface area contributed by atoms with E-state index in [1.54, 1.807) is 0 Å². The van der Waals surface area contributed by atoms with Crippen LogP contribution in [0.25, 0.3) is 0 Å². The van der Waals surface area contributed by atoms with Gasteiger partial charge in [0.2, 0.25) is 0 Å². The first kappa shape index (κ1) is 19.1. The molecule has 1 aliphatic heterocycles. The Morgan fingerprint density at radius 1 is 1.25 bits per heavy atom. The highest BCUT2D eigenvalue weighted by Gasteiger charge is 2.43. The predicted octanol–water partition coefficient (Wildman–Crippen LogP) is 3.45. The fraction of sp³-hybridized carbons (Fsp3) is 0.556. The molecule has 0 radical (unpaired) electrons. The number of rotatable bonds is 8. The van der Waals surface area contributed by atoms with E-state index in [1.807, 2.05) is 38.2 Å². The Kier molecular flexibility index (Phi) is 7.94. The van der Waals surface area contributed by atoms with E-state index in [0.29, 0.717) is 33.0 Å². The molecule has 6 heteroatoms. The van der Waals surface area contributed by atoms with E-state index in [-0.39, 0.29) is 6.10 Å². The minimum absolute atomic E-state index is 0.117. The van der Waals surface area contributed by atoms with E-state index >= 15 is 0 Å². The summed E-state index contributed by atoms with van der Waals surface area (Å²) in [4.78, 5) is 2.08. The van der Waals surface area contributed by atoms with Crippen LogP contribution in [0.2, 0.25) is 6.04 Å². The molecule has 1 aliphatic rings. The number of benzene rings is 1. The minimum atomic E-state index is -2.65. The highest BCUT2D eigenvalue weighted by atomic mass is 28.4. The Labute approximate surface area is 146 Å². The molecular weight excluding hydrogens is 322 g/mol. The zero-order valence-corrected chi connectivity index (χ0v) is 15.8. The van der Waals surface area contributed by atoms with Gasteiger partial charge in [0, 0.05) is 38.1 Å². The van der Waals surface area contributed by atoms with Crippen molar-refractivity contribution in [2.45, 2.75) is 32.4 Å². The van der Waals surface area contributed by atoms with Crippen LogP contribution in [-0.4, -0.2) is 47.9 Å². The van der Waals surface area contributed by atoms with Crippen LogP contribution in [-0.2, 0) is 18.0 Å². The Morgan fingerprint density at radius 3 is 2.58 bits per heavy atom. The van der Waals surface area contributed by atoms with Gasteiger partial charge in [0.1, 0.15) is 0 Å². The van der Waals surface area contributed by atoms with Gasteiger partial charge >= 0.3 is 8.80 Å². The minimum Gasteiger partial charge on any atom is -0.379 e. The molecule has 134 valence electrons. The Balaban J connectivity index is 2.11. The van der Waals surface area contributed by atoms with Gasteiger partial charge in [0.05, 0.1) is 12.7 Å². The number of nitrogens with zero attached hydrogens (tertiary/aromatic N) is 1. The maximum atomic E-state index is 6.39. The van der Waals surface area contributed by atoms with Crippen LogP contribution >= 0.6 is 0 Å². The zero-order chi connectivity index (χ0) is 17.3. The molecular formula is C18H29NO4Si. The molecule has 0 amide bonds. The smallest absolute Gasteiger partial charge is 0.379 e. The molecule has 1 unspecified atom stereocenters. The van der Waals surface area contributed by atoms with Crippen molar-refractivity contribution in [1.29, 1.82) is 0 Å². The quantitative estimate of drug-likeness (QED) is 0.671.